The van der Waals surface area contributed by atoms with Gasteiger partial charge in [0.15, 0.2) is 0 Å². The van der Waals surface area contributed by atoms with E-state index < -0.39 is 24.0 Å². The molecule has 0 bridgehead atoms. The smallest absolute Gasteiger partial charge is 0.368 e. The van der Waals surface area contributed by atoms with E-state index in [4.69, 9.17) is 5.73 Å². The maximum absolute atomic E-state index is 12.5. The Hall–Kier alpha value is -0.820. The van der Waals surface area contributed by atoms with Crippen molar-refractivity contribution in [1.29, 1.82) is 0 Å². The predicted molar refractivity (Wildman–Crippen MR) is 61.9 cm³/mol. The van der Waals surface area contributed by atoms with Crippen LogP contribution in [0.5, 0.6) is 0 Å². The number of carbonyl (C=O) groups is 1. The number of likely N-dealkylation sites (N-methyl/N-ethyl adjacent to an activating group) is 1. The Morgan fingerprint density at radius 1 is 1.44 bits per heavy atom. The highest BCUT2D eigenvalue weighted by Gasteiger charge is 2.41. The summed E-state index contributed by atoms with van der Waals surface area (Å²) >= 11 is 0. The Morgan fingerprint density at radius 3 is 2.39 bits per heavy atom. The first-order valence-electron chi connectivity index (χ1n) is 6.16. The number of hydrogen-bond acceptors (Lipinski definition) is 3. The van der Waals surface area contributed by atoms with E-state index in [1.807, 2.05) is 11.8 Å². The van der Waals surface area contributed by atoms with E-state index in [2.05, 4.69) is 5.32 Å². The summed E-state index contributed by atoms with van der Waals surface area (Å²) in [6.45, 7) is 3.56. The molecule has 1 heterocycles. The molecular weight excluding hydrogens is 247 g/mol. The van der Waals surface area contributed by atoms with E-state index in [-0.39, 0.29) is 12.8 Å². The summed E-state index contributed by atoms with van der Waals surface area (Å²) in [5.74, 6) is -1.67. The molecule has 0 spiro atoms. The lowest BCUT2D eigenvalue weighted by Crippen LogP contribution is -2.51. The number of halogens is 3. The van der Waals surface area contributed by atoms with Crippen molar-refractivity contribution in [3.8, 4) is 0 Å². The van der Waals surface area contributed by atoms with Gasteiger partial charge in [0.25, 0.3) is 0 Å². The highest BCUT2D eigenvalue weighted by molar-refractivity contribution is 5.80. The Bertz CT molecular complexity index is 275. The number of amides is 1. The van der Waals surface area contributed by atoms with Gasteiger partial charge >= 0.3 is 6.18 Å². The second kappa shape index (κ2) is 6.38. The summed E-state index contributed by atoms with van der Waals surface area (Å²) in [7, 11) is 0. The van der Waals surface area contributed by atoms with Crippen molar-refractivity contribution in [2.75, 3.05) is 26.2 Å². The van der Waals surface area contributed by atoms with Crippen LogP contribution < -0.4 is 11.1 Å². The maximum atomic E-state index is 12.5. The van der Waals surface area contributed by atoms with Crippen molar-refractivity contribution in [3.05, 3.63) is 0 Å². The molecule has 7 heteroatoms. The first-order chi connectivity index (χ1) is 8.34. The van der Waals surface area contributed by atoms with Crippen LogP contribution in [0.4, 0.5) is 13.2 Å². The quantitative estimate of drug-likeness (QED) is 0.772. The van der Waals surface area contributed by atoms with Gasteiger partial charge in [-0.05, 0) is 32.5 Å². The molecule has 0 aromatic heterocycles. The molecule has 18 heavy (non-hydrogen) atoms. The number of primary amides is 1. The number of likely N-dealkylation sites (tertiary alicyclic amines) is 1. The number of nitrogens with zero attached hydrogens (tertiary/aromatic N) is 1. The molecule has 1 saturated heterocycles. The molecule has 3 N–H and O–H groups in total. The molecule has 1 rings (SSSR count). The number of piperidine rings is 1. The number of nitrogens with two attached hydrogens (primary N) is 1. The van der Waals surface area contributed by atoms with Crippen molar-refractivity contribution in [3.63, 3.8) is 0 Å². The zero-order chi connectivity index (χ0) is 13.8. The fourth-order valence-corrected chi connectivity index (χ4v) is 2.20. The van der Waals surface area contributed by atoms with E-state index >= 15 is 0 Å². The summed E-state index contributed by atoms with van der Waals surface area (Å²) in [5, 5.41) is 2.93. The third kappa shape index (κ3) is 4.45. The molecule has 1 aliphatic rings. The average Bonchev–Trinajstić information content (AvgIpc) is 2.28. The fraction of sp³-hybridized carbons (Fsp3) is 0.909. The lowest BCUT2D eigenvalue weighted by Gasteiger charge is -2.34. The van der Waals surface area contributed by atoms with Crippen molar-refractivity contribution in [2.45, 2.75) is 32.0 Å². The molecule has 0 radical (unpaired) electrons. The van der Waals surface area contributed by atoms with Gasteiger partial charge in [-0.1, -0.05) is 6.92 Å². The number of alkyl halides is 3. The van der Waals surface area contributed by atoms with Gasteiger partial charge in [-0.2, -0.15) is 13.2 Å². The van der Waals surface area contributed by atoms with Crippen LogP contribution in [0.15, 0.2) is 0 Å². The van der Waals surface area contributed by atoms with Gasteiger partial charge in [-0.3, -0.25) is 4.79 Å². The molecule has 0 aliphatic carbocycles. The minimum absolute atomic E-state index is 0.0983. The molecule has 1 unspecified atom stereocenters. The van der Waals surface area contributed by atoms with Crippen LogP contribution in [0.1, 0.15) is 19.8 Å². The van der Waals surface area contributed by atoms with Gasteiger partial charge in [-0.25, -0.2) is 0 Å². The number of hydrogen-bond donors (Lipinski definition) is 2. The first kappa shape index (κ1) is 15.2. The average molecular weight is 267 g/mol. The van der Waals surface area contributed by atoms with Crippen molar-refractivity contribution >= 4 is 5.91 Å². The highest BCUT2D eigenvalue weighted by Crippen LogP contribution is 2.33. The van der Waals surface area contributed by atoms with E-state index in [9.17, 15) is 18.0 Å². The third-order valence-corrected chi connectivity index (χ3v) is 3.29. The summed E-state index contributed by atoms with van der Waals surface area (Å²) in [6, 6.07) is -0.488. The van der Waals surface area contributed by atoms with E-state index in [1.54, 1.807) is 0 Å². The molecule has 4 nitrogen and oxygen atoms in total. The van der Waals surface area contributed by atoms with Crippen LogP contribution in [0.2, 0.25) is 0 Å². The van der Waals surface area contributed by atoms with Crippen LogP contribution in [0, 0.1) is 5.92 Å². The fourth-order valence-electron chi connectivity index (χ4n) is 2.20. The topological polar surface area (TPSA) is 58.4 Å². The Labute approximate surface area is 105 Å². The molecule has 0 saturated carbocycles. The summed E-state index contributed by atoms with van der Waals surface area (Å²) in [5.41, 5.74) is 5.23. The van der Waals surface area contributed by atoms with Crippen LogP contribution in [0.25, 0.3) is 0 Å². The van der Waals surface area contributed by atoms with Gasteiger partial charge in [0.1, 0.15) is 0 Å². The third-order valence-electron chi connectivity index (χ3n) is 3.29. The maximum Gasteiger partial charge on any atom is 0.391 e. The number of carbonyl (C=O) groups excluding carboxylic acids is 1. The molecule has 1 fully saturated rings. The lowest BCUT2D eigenvalue weighted by atomic mass is 9.96. The summed E-state index contributed by atoms with van der Waals surface area (Å²) in [4.78, 5) is 13.0. The largest absolute Gasteiger partial charge is 0.391 e. The molecule has 0 aromatic rings. The Morgan fingerprint density at radius 2 is 2.00 bits per heavy atom. The summed E-state index contributed by atoms with van der Waals surface area (Å²) < 4.78 is 37.4. The van der Waals surface area contributed by atoms with E-state index in [0.717, 1.165) is 0 Å². The molecule has 1 atom stereocenters. The normalized spacial score (nSPS) is 20.9. The second-order valence-electron chi connectivity index (χ2n) is 4.63. The second-order valence-corrected chi connectivity index (χ2v) is 4.63. The van der Waals surface area contributed by atoms with Gasteiger partial charge in [0.05, 0.1) is 12.0 Å². The van der Waals surface area contributed by atoms with E-state index in [0.29, 0.717) is 26.2 Å². The predicted octanol–water partition coefficient (Wildman–Crippen LogP) is 0.724. The van der Waals surface area contributed by atoms with Gasteiger partial charge in [-0.15, -0.1) is 0 Å². The Kier molecular flexibility index (Phi) is 5.40. The van der Waals surface area contributed by atoms with Crippen LogP contribution >= 0.6 is 0 Å². The molecule has 1 aliphatic heterocycles. The SMILES string of the molecule is CCNC(CN1CCC(C(F)(F)F)CC1)C(N)=O. The van der Waals surface area contributed by atoms with Crippen LogP contribution in [-0.2, 0) is 4.79 Å². The van der Waals surface area contributed by atoms with Crippen LogP contribution in [0.3, 0.4) is 0 Å². The zero-order valence-corrected chi connectivity index (χ0v) is 10.5. The standard InChI is InChI=1S/C11H20F3N3O/c1-2-16-9(10(15)18)7-17-5-3-8(4-6-17)11(12,13)14/h8-9,16H,2-7H2,1H3,(H2,15,18). The van der Waals surface area contributed by atoms with E-state index in [1.165, 1.54) is 0 Å². The highest BCUT2D eigenvalue weighted by atomic mass is 19.4. The first-order valence-corrected chi connectivity index (χ1v) is 6.16. The monoisotopic (exact) mass is 267 g/mol. The van der Waals surface area contributed by atoms with Gasteiger partial charge < -0.3 is 16.0 Å². The Balaban J connectivity index is 2.41. The minimum Gasteiger partial charge on any atom is -0.368 e. The van der Waals surface area contributed by atoms with Crippen LogP contribution in [-0.4, -0.2) is 49.2 Å². The molecular formula is C11H20F3N3O. The van der Waals surface area contributed by atoms with Crippen molar-refractivity contribution in [2.24, 2.45) is 11.7 Å². The summed E-state index contributed by atoms with van der Waals surface area (Å²) in [6.07, 6.45) is -3.90. The van der Waals surface area contributed by atoms with Gasteiger partial charge in [0, 0.05) is 6.54 Å². The molecule has 106 valence electrons. The molecule has 0 aromatic carbocycles. The van der Waals surface area contributed by atoms with Gasteiger partial charge in [0.2, 0.25) is 5.91 Å². The zero-order valence-electron chi connectivity index (χ0n) is 10.5. The minimum atomic E-state index is -4.10. The number of nitrogens with one attached hydrogen (secondary N) is 1. The molecule has 1 amide bonds. The van der Waals surface area contributed by atoms with Crippen molar-refractivity contribution in [1.82, 2.24) is 10.2 Å². The lowest BCUT2D eigenvalue weighted by molar-refractivity contribution is -0.185. The van der Waals surface area contributed by atoms with Crippen molar-refractivity contribution < 1.29 is 18.0 Å². The number of rotatable bonds is 5.